The van der Waals surface area contributed by atoms with Crippen molar-refractivity contribution in [1.82, 2.24) is 5.32 Å². The van der Waals surface area contributed by atoms with Crippen LogP contribution in [0.25, 0.3) is 0 Å². The third-order valence-corrected chi connectivity index (χ3v) is 3.64. The molecule has 120 valence electrons. The number of carbonyl (C=O) groups is 1. The second-order valence-electron chi connectivity index (χ2n) is 6.24. The van der Waals surface area contributed by atoms with Gasteiger partial charge in [0.05, 0.1) is 0 Å². The summed E-state index contributed by atoms with van der Waals surface area (Å²) in [6, 6.07) is 0. The van der Waals surface area contributed by atoms with Crippen molar-refractivity contribution in [1.29, 1.82) is 0 Å². The molecular formula is C17H34NNaO2. The third kappa shape index (κ3) is 22.8. The molecule has 3 nitrogen and oxygen atoms in total. The van der Waals surface area contributed by atoms with Crippen molar-refractivity contribution in [3.8, 4) is 0 Å². The molecule has 0 aromatic carbocycles. The molecule has 1 N–H and O–H groups in total. The number of aliphatic carboxylic acids is 1. The van der Waals surface area contributed by atoms with Crippen molar-refractivity contribution in [3.05, 3.63) is 0 Å². The molecule has 0 rings (SSSR count). The normalized spacial score (nSPS) is 10.6. The van der Waals surface area contributed by atoms with Crippen molar-refractivity contribution >= 4 is 5.97 Å². The van der Waals surface area contributed by atoms with E-state index >= 15 is 0 Å². The third-order valence-electron chi connectivity index (χ3n) is 3.64. The summed E-state index contributed by atoms with van der Waals surface area (Å²) < 4.78 is 0. The minimum atomic E-state index is -0.967. The summed E-state index contributed by atoms with van der Waals surface area (Å²) in [6.07, 6.45) is 13.5. The molecule has 4 heteroatoms. The standard InChI is InChI=1S/C17H35NO2.Na/c1-16(2)12-10-8-6-4-3-5-7-9-11-14-18-15-13-17(19)20;/h16,18H,3-15H2,1-2H3,(H,19,20);/q;+1/p-1. The topological polar surface area (TPSA) is 52.2 Å². The molecule has 0 aliphatic rings. The first-order valence-corrected chi connectivity index (χ1v) is 8.53. The van der Waals surface area contributed by atoms with Crippen LogP contribution in [-0.2, 0) is 4.79 Å². The van der Waals surface area contributed by atoms with Crippen LogP contribution in [-0.4, -0.2) is 19.1 Å². The van der Waals surface area contributed by atoms with Gasteiger partial charge in [-0.05, 0) is 25.3 Å². The van der Waals surface area contributed by atoms with E-state index in [2.05, 4.69) is 19.2 Å². The molecule has 0 spiro atoms. The largest absolute Gasteiger partial charge is 1.00 e. The van der Waals surface area contributed by atoms with E-state index in [0.29, 0.717) is 6.54 Å². The predicted molar refractivity (Wildman–Crippen MR) is 83.5 cm³/mol. The zero-order valence-corrected chi connectivity index (χ0v) is 16.6. The van der Waals surface area contributed by atoms with E-state index in [1.54, 1.807) is 0 Å². The van der Waals surface area contributed by atoms with Crippen molar-refractivity contribution in [2.45, 2.75) is 84.5 Å². The van der Waals surface area contributed by atoms with Crippen molar-refractivity contribution in [3.63, 3.8) is 0 Å². The summed E-state index contributed by atoms with van der Waals surface area (Å²) in [5.41, 5.74) is 0. The van der Waals surface area contributed by atoms with E-state index in [0.717, 1.165) is 18.9 Å². The Kier molecular flexibility index (Phi) is 20.8. The van der Waals surface area contributed by atoms with Gasteiger partial charge in [0.15, 0.2) is 0 Å². The fourth-order valence-corrected chi connectivity index (χ4v) is 2.36. The predicted octanol–water partition coefficient (Wildman–Crippen LogP) is 0.277. The van der Waals surface area contributed by atoms with Gasteiger partial charge in [0.2, 0.25) is 0 Å². The molecule has 0 fully saturated rings. The van der Waals surface area contributed by atoms with Crippen molar-refractivity contribution < 1.29 is 39.5 Å². The number of carbonyl (C=O) groups excluding carboxylic acids is 1. The second-order valence-corrected chi connectivity index (χ2v) is 6.24. The van der Waals surface area contributed by atoms with Crippen molar-refractivity contribution in [2.75, 3.05) is 13.1 Å². The molecule has 21 heavy (non-hydrogen) atoms. The minimum absolute atomic E-state index is 0. The molecule has 0 saturated heterocycles. The van der Waals surface area contributed by atoms with Crippen LogP contribution in [0.15, 0.2) is 0 Å². The SMILES string of the molecule is CC(C)CCCCCCCCCCCNCCC(=O)[O-].[Na+]. The van der Waals surface area contributed by atoms with E-state index in [9.17, 15) is 9.90 Å². The number of carboxylic acids is 1. The van der Waals surface area contributed by atoms with Gasteiger partial charge in [-0.15, -0.1) is 0 Å². The van der Waals surface area contributed by atoms with Crippen molar-refractivity contribution in [2.24, 2.45) is 5.92 Å². The van der Waals surface area contributed by atoms with Crippen LogP contribution in [0.2, 0.25) is 0 Å². The maximum Gasteiger partial charge on any atom is 1.00 e. The second kappa shape index (κ2) is 18.5. The van der Waals surface area contributed by atoms with E-state index in [1.165, 1.54) is 57.8 Å². The first-order valence-electron chi connectivity index (χ1n) is 8.53. The van der Waals surface area contributed by atoms with Gasteiger partial charge in [-0.25, -0.2) is 0 Å². The van der Waals surface area contributed by atoms with Crippen LogP contribution in [0, 0.1) is 5.92 Å². The summed E-state index contributed by atoms with van der Waals surface area (Å²) in [5, 5.41) is 13.3. The number of unbranched alkanes of at least 4 members (excludes halogenated alkanes) is 8. The molecule has 0 aromatic heterocycles. The molecule has 0 radical (unpaired) electrons. The maximum atomic E-state index is 10.2. The summed E-state index contributed by atoms with van der Waals surface area (Å²) in [4.78, 5) is 10.2. The zero-order valence-electron chi connectivity index (χ0n) is 14.6. The minimum Gasteiger partial charge on any atom is -0.550 e. The van der Waals surface area contributed by atoms with Gasteiger partial charge in [-0.1, -0.05) is 71.6 Å². The molecule has 0 aliphatic heterocycles. The Morgan fingerprint density at radius 1 is 0.857 bits per heavy atom. The van der Waals surface area contributed by atoms with Gasteiger partial charge in [-0.2, -0.15) is 0 Å². The fourth-order valence-electron chi connectivity index (χ4n) is 2.36. The van der Waals surface area contributed by atoms with E-state index < -0.39 is 5.97 Å². The van der Waals surface area contributed by atoms with Gasteiger partial charge in [-0.3, -0.25) is 0 Å². The van der Waals surface area contributed by atoms with E-state index in [1.807, 2.05) is 0 Å². The number of nitrogens with one attached hydrogen (secondary N) is 1. The van der Waals surface area contributed by atoms with Crippen LogP contribution in [0.5, 0.6) is 0 Å². The van der Waals surface area contributed by atoms with Gasteiger partial charge < -0.3 is 15.2 Å². The first kappa shape index (κ1) is 23.7. The van der Waals surface area contributed by atoms with Crippen LogP contribution < -0.4 is 40.0 Å². The van der Waals surface area contributed by atoms with Gasteiger partial charge in [0.1, 0.15) is 0 Å². The number of rotatable bonds is 15. The van der Waals surface area contributed by atoms with E-state index in [4.69, 9.17) is 0 Å². The Morgan fingerprint density at radius 2 is 1.33 bits per heavy atom. The van der Waals surface area contributed by atoms with Gasteiger partial charge >= 0.3 is 29.6 Å². The average Bonchev–Trinajstić information content (AvgIpc) is 2.38. The van der Waals surface area contributed by atoms with Crippen LogP contribution in [0.4, 0.5) is 0 Å². The summed E-state index contributed by atoms with van der Waals surface area (Å²) in [5.74, 6) is -0.110. The Morgan fingerprint density at radius 3 is 1.81 bits per heavy atom. The Balaban J connectivity index is 0. The molecular weight excluding hydrogens is 273 g/mol. The Bertz CT molecular complexity index is 223. The van der Waals surface area contributed by atoms with Crippen LogP contribution in [0.1, 0.15) is 84.5 Å². The number of hydrogen-bond donors (Lipinski definition) is 1. The maximum absolute atomic E-state index is 10.2. The van der Waals surface area contributed by atoms with Gasteiger partial charge in [0.25, 0.3) is 0 Å². The quantitative estimate of drug-likeness (QED) is 0.349. The molecule has 0 bridgehead atoms. The molecule has 0 aliphatic carbocycles. The number of hydrogen-bond acceptors (Lipinski definition) is 3. The summed E-state index contributed by atoms with van der Waals surface area (Å²) in [7, 11) is 0. The number of carboxylic acid groups (broad SMARTS) is 1. The smallest absolute Gasteiger partial charge is 0.550 e. The summed E-state index contributed by atoms with van der Waals surface area (Å²) >= 11 is 0. The van der Waals surface area contributed by atoms with E-state index in [-0.39, 0.29) is 36.0 Å². The zero-order chi connectivity index (χ0) is 15.1. The monoisotopic (exact) mass is 307 g/mol. The molecule has 0 saturated carbocycles. The van der Waals surface area contributed by atoms with Crippen LogP contribution >= 0.6 is 0 Å². The summed E-state index contributed by atoms with van der Waals surface area (Å²) in [6.45, 7) is 6.07. The Hall–Kier alpha value is 0.430. The first-order chi connectivity index (χ1) is 9.63. The molecule has 0 unspecified atom stereocenters. The molecule has 0 heterocycles. The molecule has 0 atom stereocenters. The van der Waals surface area contributed by atoms with Gasteiger partial charge in [0, 0.05) is 12.5 Å². The molecule has 0 aromatic rings. The fraction of sp³-hybridized carbons (Fsp3) is 0.941. The van der Waals surface area contributed by atoms with Crippen LogP contribution in [0.3, 0.4) is 0 Å². The Labute approximate surface area is 153 Å². The average molecular weight is 307 g/mol. The molecule has 0 amide bonds.